The second-order valence-electron chi connectivity index (χ2n) is 5.89. The number of hydrogen-bond acceptors (Lipinski definition) is 4. The number of aromatic nitrogens is 5. The standard InChI is InChI=1S/C19H13N5O/c25-14-6-13(9-20-10-14)11-3-4-16-15(7-11)18(24-23-16)17-8-12-2-1-5-21-19(12)22-17/h1-10,25H,(H,21,22)(H,23,24). The molecule has 6 nitrogen and oxygen atoms in total. The minimum Gasteiger partial charge on any atom is -0.506 e. The zero-order chi connectivity index (χ0) is 16.8. The zero-order valence-electron chi connectivity index (χ0n) is 13.1. The van der Waals surface area contributed by atoms with E-state index in [0.29, 0.717) is 0 Å². The van der Waals surface area contributed by atoms with Gasteiger partial charge in [-0.1, -0.05) is 6.07 Å². The molecule has 0 saturated carbocycles. The number of nitrogens with zero attached hydrogens (tertiary/aromatic N) is 3. The first-order valence-electron chi connectivity index (χ1n) is 7.84. The molecule has 0 radical (unpaired) electrons. The van der Waals surface area contributed by atoms with Crippen LogP contribution < -0.4 is 0 Å². The SMILES string of the molecule is Oc1cncc(-c2ccc3[nH]nc(-c4cc5cccnc5[nH]4)c3c2)c1. The summed E-state index contributed by atoms with van der Waals surface area (Å²) in [6, 6.07) is 13.7. The quantitative estimate of drug-likeness (QED) is 0.459. The summed E-state index contributed by atoms with van der Waals surface area (Å²) in [4.78, 5) is 11.7. The molecule has 25 heavy (non-hydrogen) atoms. The van der Waals surface area contributed by atoms with Crippen LogP contribution in [0.15, 0.2) is 61.1 Å². The van der Waals surface area contributed by atoms with Crippen LogP contribution in [0.2, 0.25) is 0 Å². The largest absolute Gasteiger partial charge is 0.506 e. The van der Waals surface area contributed by atoms with Crippen molar-refractivity contribution in [3.05, 3.63) is 61.1 Å². The fourth-order valence-electron chi connectivity index (χ4n) is 3.07. The first-order valence-corrected chi connectivity index (χ1v) is 7.84. The molecule has 0 saturated heterocycles. The van der Waals surface area contributed by atoms with Gasteiger partial charge in [0.1, 0.15) is 17.1 Å². The molecule has 0 amide bonds. The molecule has 0 fully saturated rings. The Morgan fingerprint density at radius 3 is 2.80 bits per heavy atom. The van der Waals surface area contributed by atoms with E-state index >= 15 is 0 Å². The number of rotatable bonds is 2. The second-order valence-corrected chi connectivity index (χ2v) is 5.89. The topological polar surface area (TPSA) is 90.5 Å². The van der Waals surface area contributed by atoms with Crippen molar-refractivity contribution in [1.29, 1.82) is 0 Å². The molecule has 3 N–H and O–H groups in total. The predicted octanol–water partition coefficient (Wildman–Crippen LogP) is 3.87. The number of aromatic amines is 2. The highest BCUT2D eigenvalue weighted by Crippen LogP contribution is 2.31. The Kier molecular flexibility index (Phi) is 2.84. The van der Waals surface area contributed by atoms with Crippen molar-refractivity contribution < 1.29 is 5.11 Å². The Morgan fingerprint density at radius 1 is 0.960 bits per heavy atom. The van der Waals surface area contributed by atoms with Crippen molar-refractivity contribution in [3.63, 3.8) is 0 Å². The highest BCUT2D eigenvalue weighted by molar-refractivity contribution is 5.97. The number of H-pyrrole nitrogens is 2. The van der Waals surface area contributed by atoms with Crippen LogP contribution >= 0.6 is 0 Å². The normalized spacial score (nSPS) is 11.4. The minimum atomic E-state index is 0.145. The van der Waals surface area contributed by atoms with Gasteiger partial charge in [0.2, 0.25) is 0 Å². The lowest BCUT2D eigenvalue weighted by Crippen LogP contribution is -1.82. The fourth-order valence-corrected chi connectivity index (χ4v) is 3.07. The number of nitrogens with one attached hydrogen (secondary N) is 2. The van der Waals surface area contributed by atoms with Gasteiger partial charge in [0.05, 0.1) is 17.4 Å². The van der Waals surface area contributed by atoms with Crippen LogP contribution in [-0.4, -0.2) is 30.3 Å². The van der Waals surface area contributed by atoms with E-state index in [4.69, 9.17) is 0 Å². The van der Waals surface area contributed by atoms with Crippen LogP contribution in [0, 0.1) is 0 Å². The van der Waals surface area contributed by atoms with Crippen molar-refractivity contribution in [2.75, 3.05) is 0 Å². The first kappa shape index (κ1) is 13.7. The lowest BCUT2D eigenvalue weighted by molar-refractivity contribution is 0.473. The van der Waals surface area contributed by atoms with Crippen molar-refractivity contribution in [3.8, 4) is 28.3 Å². The monoisotopic (exact) mass is 327 g/mol. The number of hydrogen-bond donors (Lipinski definition) is 3. The molecule has 0 unspecified atom stereocenters. The highest BCUT2D eigenvalue weighted by Gasteiger charge is 2.12. The average Bonchev–Trinajstić information content (AvgIpc) is 3.24. The lowest BCUT2D eigenvalue weighted by Gasteiger charge is -2.02. The molecule has 0 aliphatic rings. The highest BCUT2D eigenvalue weighted by atomic mass is 16.3. The molecule has 5 aromatic rings. The maximum absolute atomic E-state index is 9.67. The fraction of sp³-hybridized carbons (Fsp3) is 0. The molecule has 1 aromatic carbocycles. The van der Waals surface area contributed by atoms with Gasteiger partial charge >= 0.3 is 0 Å². The van der Waals surface area contributed by atoms with Gasteiger partial charge in [-0.25, -0.2) is 4.98 Å². The van der Waals surface area contributed by atoms with Crippen molar-refractivity contribution in [2.24, 2.45) is 0 Å². The van der Waals surface area contributed by atoms with Crippen LogP contribution in [0.5, 0.6) is 5.75 Å². The molecule has 0 aliphatic heterocycles. The van der Waals surface area contributed by atoms with Gasteiger partial charge in [-0.2, -0.15) is 5.10 Å². The Bertz CT molecular complexity index is 1190. The molecule has 0 spiro atoms. The Hall–Kier alpha value is -3.67. The third kappa shape index (κ3) is 2.23. The predicted molar refractivity (Wildman–Crippen MR) is 96.1 cm³/mol. The zero-order valence-corrected chi connectivity index (χ0v) is 13.1. The summed E-state index contributed by atoms with van der Waals surface area (Å²) >= 11 is 0. The van der Waals surface area contributed by atoms with Crippen molar-refractivity contribution in [2.45, 2.75) is 0 Å². The van der Waals surface area contributed by atoms with E-state index in [1.54, 1.807) is 18.5 Å². The van der Waals surface area contributed by atoms with E-state index in [1.807, 2.05) is 36.4 Å². The smallest absolute Gasteiger partial charge is 0.137 e. The van der Waals surface area contributed by atoms with E-state index < -0.39 is 0 Å². The third-order valence-electron chi connectivity index (χ3n) is 4.27. The first-order chi connectivity index (χ1) is 12.3. The molecule has 4 aromatic heterocycles. The van der Waals surface area contributed by atoms with Gasteiger partial charge in [0, 0.05) is 28.7 Å². The van der Waals surface area contributed by atoms with Crippen molar-refractivity contribution >= 4 is 21.9 Å². The van der Waals surface area contributed by atoms with E-state index in [0.717, 1.165) is 44.5 Å². The third-order valence-corrected chi connectivity index (χ3v) is 4.27. The van der Waals surface area contributed by atoms with Gasteiger partial charge in [0.25, 0.3) is 0 Å². The van der Waals surface area contributed by atoms with Gasteiger partial charge in [-0.3, -0.25) is 10.1 Å². The average molecular weight is 327 g/mol. The van der Waals surface area contributed by atoms with Gasteiger partial charge in [-0.05, 0) is 42.0 Å². The Labute approximate surface area is 142 Å². The maximum Gasteiger partial charge on any atom is 0.137 e. The lowest BCUT2D eigenvalue weighted by atomic mass is 10.0. The van der Waals surface area contributed by atoms with E-state index in [2.05, 4.69) is 25.1 Å². The van der Waals surface area contributed by atoms with E-state index in [1.165, 1.54) is 6.20 Å². The molecule has 5 rings (SSSR count). The Morgan fingerprint density at radius 2 is 1.92 bits per heavy atom. The number of pyridine rings is 2. The summed E-state index contributed by atoms with van der Waals surface area (Å²) in [6.45, 7) is 0. The molecule has 0 bridgehead atoms. The minimum absolute atomic E-state index is 0.145. The van der Waals surface area contributed by atoms with E-state index in [9.17, 15) is 5.11 Å². The number of benzene rings is 1. The van der Waals surface area contributed by atoms with Crippen LogP contribution in [0.25, 0.3) is 44.5 Å². The molecule has 4 heterocycles. The van der Waals surface area contributed by atoms with Crippen LogP contribution in [-0.2, 0) is 0 Å². The summed E-state index contributed by atoms with van der Waals surface area (Å²) in [5, 5.41) is 19.2. The summed E-state index contributed by atoms with van der Waals surface area (Å²) in [7, 11) is 0. The maximum atomic E-state index is 9.67. The second kappa shape index (κ2) is 5.17. The van der Waals surface area contributed by atoms with Crippen LogP contribution in [0.3, 0.4) is 0 Å². The van der Waals surface area contributed by atoms with E-state index in [-0.39, 0.29) is 5.75 Å². The Balaban J connectivity index is 1.70. The number of fused-ring (bicyclic) bond motifs is 2. The summed E-state index contributed by atoms with van der Waals surface area (Å²) in [5.74, 6) is 0.145. The van der Waals surface area contributed by atoms with Gasteiger partial charge < -0.3 is 10.1 Å². The molecular weight excluding hydrogens is 314 g/mol. The van der Waals surface area contributed by atoms with Crippen molar-refractivity contribution in [1.82, 2.24) is 25.1 Å². The summed E-state index contributed by atoms with van der Waals surface area (Å²) in [6.07, 6.45) is 4.91. The van der Waals surface area contributed by atoms with Gasteiger partial charge in [0.15, 0.2) is 0 Å². The molecule has 6 heteroatoms. The molecule has 120 valence electrons. The van der Waals surface area contributed by atoms with Crippen LogP contribution in [0.4, 0.5) is 0 Å². The van der Waals surface area contributed by atoms with Gasteiger partial charge in [-0.15, -0.1) is 0 Å². The molecular formula is C19H13N5O. The summed E-state index contributed by atoms with van der Waals surface area (Å²) < 4.78 is 0. The number of aromatic hydroxyl groups is 1. The molecule has 0 aliphatic carbocycles. The molecule has 0 atom stereocenters. The van der Waals surface area contributed by atoms with Crippen LogP contribution in [0.1, 0.15) is 0 Å². The summed E-state index contributed by atoms with van der Waals surface area (Å²) in [5.41, 5.74) is 5.34.